The van der Waals surface area contributed by atoms with Gasteiger partial charge in [-0.25, -0.2) is 14.7 Å². The van der Waals surface area contributed by atoms with Crippen LogP contribution >= 0.6 is 0 Å². The van der Waals surface area contributed by atoms with Gasteiger partial charge >= 0.3 is 23.9 Å². The number of alkyl halides is 6. The molecule has 0 aliphatic carbocycles. The molecule has 0 fully saturated rings. The molecule has 0 aliphatic heterocycles. The Bertz CT molecular complexity index is 785. The van der Waals surface area contributed by atoms with Crippen LogP contribution in [0.5, 0.6) is 0 Å². The zero-order valence-electron chi connectivity index (χ0n) is 10.7. The molecule has 2 aromatic rings. The highest BCUT2D eigenvalue weighted by Crippen LogP contribution is 2.36. The predicted octanol–water partition coefficient (Wildman–Crippen LogP) is 2.30. The molecule has 0 amide bonds. The highest BCUT2D eigenvalue weighted by atomic mass is 19.4. The Morgan fingerprint density at radius 3 is 1.87 bits per heavy atom. The van der Waals surface area contributed by atoms with Crippen molar-refractivity contribution in [1.82, 2.24) is 15.0 Å². The molecular weight excluding hydrogens is 336 g/mol. The highest BCUT2D eigenvalue weighted by Gasteiger charge is 2.37. The summed E-state index contributed by atoms with van der Waals surface area (Å²) in [6.07, 6.45) is -10.2. The minimum Gasteiger partial charge on any atom is -0.476 e. The van der Waals surface area contributed by atoms with E-state index in [2.05, 4.69) is 5.10 Å². The number of carbonyl (C=O) groups is 1. The number of hydrogen-bond donors (Lipinski definition) is 2. The molecule has 2 N–H and O–H groups in total. The molecule has 124 valence electrons. The SMILES string of the molecule is O=C(O)c1n[nH]n(-c2cc(C(F)(F)F)cc(C(F)(F)F)c2)c1=O. The van der Waals surface area contributed by atoms with Gasteiger partial charge in [0, 0.05) is 0 Å². The maximum Gasteiger partial charge on any atom is 0.416 e. The van der Waals surface area contributed by atoms with E-state index in [-0.39, 0.29) is 22.9 Å². The minimum absolute atomic E-state index is 0.122. The summed E-state index contributed by atoms with van der Waals surface area (Å²) in [5.41, 5.74) is -6.63. The van der Waals surface area contributed by atoms with Crippen LogP contribution in [0.2, 0.25) is 0 Å². The first-order valence-electron chi connectivity index (χ1n) is 5.62. The fourth-order valence-corrected chi connectivity index (χ4v) is 1.68. The Kier molecular flexibility index (Phi) is 3.70. The van der Waals surface area contributed by atoms with Gasteiger partial charge in [0.2, 0.25) is 5.69 Å². The van der Waals surface area contributed by atoms with E-state index in [4.69, 9.17) is 5.11 Å². The number of nitrogens with zero attached hydrogens (tertiary/aromatic N) is 2. The third kappa shape index (κ3) is 3.19. The standard InChI is InChI=1S/C11H5F6N3O3/c12-10(13,14)4-1-5(11(15,16)17)3-6(2-4)20-8(21)7(9(22)23)18-19-20/h1-3,19H,(H,22,23). The van der Waals surface area contributed by atoms with Crippen molar-refractivity contribution >= 4 is 5.97 Å². The van der Waals surface area contributed by atoms with Crippen LogP contribution in [0, 0.1) is 0 Å². The van der Waals surface area contributed by atoms with E-state index in [1.807, 2.05) is 0 Å². The van der Waals surface area contributed by atoms with Gasteiger partial charge in [-0.05, 0) is 18.2 Å². The van der Waals surface area contributed by atoms with E-state index in [9.17, 15) is 35.9 Å². The van der Waals surface area contributed by atoms with Crippen LogP contribution in [0.3, 0.4) is 0 Å². The minimum atomic E-state index is -5.10. The Balaban J connectivity index is 2.72. The third-order valence-electron chi connectivity index (χ3n) is 2.70. The molecule has 6 nitrogen and oxygen atoms in total. The summed E-state index contributed by atoms with van der Waals surface area (Å²) >= 11 is 0. The number of benzene rings is 1. The molecule has 0 saturated carbocycles. The number of aromatic carboxylic acids is 1. The average Bonchev–Trinajstić information content (AvgIpc) is 2.78. The van der Waals surface area contributed by atoms with Crippen LogP contribution in [-0.4, -0.2) is 26.1 Å². The lowest BCUT2D eigenvalue weighted by atomic mass is 10.1. The quantitative estimate of drug-likeness (QED) is 0.821. The van der Waals surface area contributed by atoms with Gasteiger partial charge in [0.1, 0.15) is 0 Å². The monoisotopic (exact) mass is 341 g/mol. The smallest absolute Gasteiger partial charge is 0.416 e. The second-order valence-corrected chi connectivity index (χ2v) is 4.27. The third-order valence-corrected chi connectivity index (χ3v) is 2.70. The molecule has 2 rings (SSSR count). The lowest BCUT2D eigenvalue weighted by Gasteiger charge is -2.13. The number of nitrogens with one attached hydrogen (secondary N) is 1. The van der Waals surface area contributed by atoms with Gasteiger partial charge in [0.05, 0.1) is 16.8 Å². The van der Waals surface area contributed by atoms with Gasteiger partial charge in [0.15, 0.2) is 0 Å². The van der Waals surface area contributed by atoms with Crippen LogP contribution in [-0.2, 0) is 12.4 Å². The summed E-state index contributed by atoms with van der Waals surface area (Å²) in [6.45, 7) is 0. The van der Waals surface area contributed by atoms with Gasteiger partial charge < -0.3 is 5.11 Å². The zero-order valence-corrected chi connectivity index (χ0v) is 10.7. The highest BCUT2D eigenvalue weighted by molar-refractivity contribution is 5.84. The van der Waals surface area contributed by atoms with E-state index >= 15 is 0 Å². The van der Waals surface area contributed by atoms with Crippen molar-refractivity contribution in [2.24, 2.45) is 0 Å². The Morgan fingerprint density at radius 2 is 1.52 bits per heavy atom. The maximum atomic E-state index is 12.7. The lowest BCUT2D eigenvalue weighted by Crippen LogP contribution is -2.21. The normalized spacial score (nSPS) is 12.4. The first-order valence-corrected chi connectivity index (χ1v) is 5.62. The number of carboxylic acid groups (broad SMARTS) is 1. The van der Waals surface area contributed by atoms with Crippen LogP contribution < -0.4 is 5.56 Å². The first-order chi connectivity index (χ1) is 10.4. The Hall–Kier alpha value is -2.79. The van der Waals surface area contributed by atoms with Crippen LogP contribution in [0.15, 0.2) is 23.0 Å². The summed E-state index contributed by atoms with van der Waals surface area (Å²) in [6, 6.07) is 0.407. The van der Waals surface area contributed by atoms with Crippen molar-refractivity contribution in [3.05, 3.63) is 45.4 Å². The van der Waals surface area contributed by atoms with E-state index in [0.717, 1.165) is 0 Å². The number of carboxylic acids is 1. The Labute approximate surface area is 121 Å². The Morgan fingerprint density at radius 1 is 1.04 bits per heavy atom. The average molecular weight is 341 g/mol. The fourth-order valence-electron chi connectivity index (χ4n) is 1.68. The number of H-pyrrole nitrogens is 1. The number of aromatic nitrogens is 3. The van der Waals surface area contributed by atoms with Crippen molar-refractivity contribution in [3.8, 4) is 5.69 Å². The van der Waals surface area contributed by atoms with Crippen molar-refractivity contribution in [2.45, 2.75) is 12.4 Å². The topological polar surface area (TPSA) is 88.0 Å². The second-order valence-electron chi connectivity index (χ2n) is 4.27. The largest absolute Gasteiger partial charge is 0.476 e. The van der Waals surface area contributed by atoms with Gasteiger partial charge in [-0.3, -0.25) is 4.79 Å². The molecule has 12 heteroatoms. The molecule has 0 bridgehead atoms. The van der Waals surface area contributed by atoms with Gasteiger partial charge in [-0.2, -0.15) is 26.3 Å². The zero-order chi connectivity index (χ0) is 17.6. The number of hydrogen-bond acceptors (Lipinski definition) is 3. The number of halogens is 6. The summed E-state index contributed by atoms with van der Waals surface area (Å²) in [4.78, 5) is 22.3. The summed E-state index contributed by atoms with van der Waals surface area (Å²) < 4.78 is 76.4. The van der Waals surface area contributed by atoms with Gasteiger partial charge in [-0.15, -0.1) is 5.10 Å². The van der Waals surface area contributed by atoms with E-state index in [1.54, 1.807) is 5.21 Å². The van der Waals surface area contributed by atoms with E-state index < -0.39 is 46.4 Å². The van der Waals surface area contributed by atoms with Crippen molar-refractivity contribution in [3.63, 3.8) is 0 Å². The first kappa shape index (κ1) is 16.6. The molecule has 0 unspecified atom stereocenters. The van der Waals surface area contributed by atoms with Crippen LogP contribution in [0.4, 0.5) is 26.3 Å². The molecule has 1 aromatic carbocycles. The van der Waals surface area contributed by atoms with Gasteiger partial charge in [-0.1, -0.05) is 0 Å². The summed E-state index contributed by atoms with van der Waals surface area (Å²) in [7, 11) is 0. The van der Waals surface area contributed by atoms with Crippen molar-refractivity contribution in [2.75, 3.05) is 0 Å². The van der Waals surface area contributed by atoms with Crippen molar-refractivity contribution < 1.29 is 36.2 Å². The summed E-state index contributed by atoms with van der Waals surface area (Å²) in [5, 5.41) is 13.4. The molecule has 0 aliphatic rings. The molecular formula is C11H5F6N3O3. The molecule has 1 heterocycles. The van der Waals surface area contributed by atoms with Crippen LogP contribution in [0.1, 0.15) is 21.6 Å². The van der Waals surface area contributed by atoms with E-state index in [0.29, 0.717) is 0 Å². The fraction of sp³-hybridized carbons (Fsp3) is 0.182. The molecule has 0 radical (unpaired) electrons. The molecule has 0 atom stereocenters. The van der Waals surface area contributed by atoms with Crippen LogP contribution in [0.25, 0.3) is 5.69 Å². The number of aromatic amines is 1. The maximum absolute atomic E-state index is 12.7. The number of rotatable bonds is 2. The molecule has 1 aromatic heterocycles. The lowest BCUT2D eigenvalue weighted by molar-refractivity contribution is -0.143. The molecule has 0 spiro atoms. The second kappa shape index (κ2) is 5.14. The molecule has 23 heavy (non-hydrogen) atoms. The molecule has 0 saturated heterocycles. The van der Waals surface area contributed by atoms with Crippen molar-refractivity contribution in [1.29, 1.82) is 0 Å². The summed E-state index contributed by atoms with van der Waals surface area (Å²) in [5.74, 6) is -1.78. The van der Waals surface area contributed by atoms with E-state index in [1.165, 1.54) is 0 Å². The van der Waals surface area contributed by atoms with Gasteiger partial charge in [0.25, 0.3) is 0 Å². The predicted molar refractivity (Wildman–Crippen MR) is 61.1 cm³/mol.